The minimum Gasteiger partial charge on any atom is -0.477 e. The molecular weight excluding hydrogens is 405 g/mol. The highest BCUT2D eigenvalue weighted by molar-refractivity contribution is 5.83. The third-order valence-electron chi connectivity index (χ3n) is 6.14. The van der Waals surface area contributed by atoms with Crippen LogP contribution in [0, 0.1) is 5.82 Å². The average Bonchev–Trinajstić information content (AvgIpc) is 2.85. The van der Waals surface area contributed by atoms with E-state index < -0.39 is 6.10 Å². The maximum absolute atomic E-state index is 13.4. The predicted octanol–water partition coefficient (Wildman–Crippen LogP) is 3.94. The number of piperazine rings is 1. The van der Waals surface area contributed by atoms with Crippen LogP contribution in [0.2, 0.25) is 0 Å². The van der Waals surface area contributed by atoms with Crippen LogP contribution in [0.15, 0.2) is 78.9 Å². The Kier molecular flexibility index (Phi) is 5.67. The fraction of sp³-hybridized carbons (Fsp3) is 0.269. The van der Waals surface area contributed by atoms with Crippen molar-refractivity contribution in [2.45, 2.75) is 12.6 Å². The molecule has 0 saturated carbocycles. The topological polar surface area (TPSA) is 36.0 Å². The molecule has 0 aromatic heterocycles. The lowest BCUT2D eigenvalue weighted by Gasteiger charge is -2.40. The molecule has 32 heavy (non-hydrogen) atoms. The number of rotatable bonds is 4. The minimum absolute atomic E-state index is 0.0244. The van der Waals surface area contributed by atoms with Crippen molar-refractivity contribution in [1.82, 2.24) is 4.90 Å². The van der Waals surface area contributed by atoms with Crippen LogP contribution in [0.25, 0.3) is 0 Å². The van der Waals surface area contributed by atoms with Crippen molar-refractivity contribution < 1.29 is 13.9 Å². The Balaban J connectivity index is 1.27. The summed E-state index contributed by atoms with van der Waals surface area (Å²) in [7, 11) is 0. The van der Waals surface area contributed by atoms with E-state index in [9.17, 15) is 9.18 Å². The first-order chi connectivity index (χ1) is 15.7. The maximum Gasteiger partial charge on any atom is 0.265 e. The number of para-hydroxylation sites is 2. The van der Waals surface area contributed by atoms with Crippen LogP contribution in [0.5, 0.6) is 5.75 Å². The second-order valence-corrected chi connectivity index (χ2v) is 8.23. The summed E-state index contributed by atoms with van der Waals surface area (Å²) in [6.07, 6.45) is -0.536. The lowest BCUT2D eigenvalue weighted by Crippen LogP contribution is -2.55. The summed E-state index contributed by atoms with van der Waals surface area (Å²) in [5, 5.41) is 0. The van der Waals surface area contributed by atoms with Gasteiger partial charge in [-0.2, -0.15) is 0 Å². The first kappa shape index (κ1) is 20.4. The summed E-state index contributed by atoms with van der Waals surface area (Å²) < 4.78 is 19.4. The summed E-state index contributed by atoms with van der Waals surface area (Å²) >= 11 is 0. The van der Waals surface area contributed by atoms with E-state index in [1.165, 1.54) is 17.7 Å². The molecule has 1 saturated heterocycles. The van der Waals surface area contributed by atoms with Crippen molar-refractivity contribution in [3.63, 3.8) is 0 Å². The SMILES string of the molecule is O=C(C1CN(Cc2ccccc2)c2ccccc2O1)N1CCN(c2ccc(F)cc2)CC1. The molecule has 1 unspecified atom stereocenters. The Morgan fingerprint density at radius 2 is 1.56 bits per heavy atom. The highest BCUT2D eigenvalue weighted by Crippen LogP contribution is 2.34. The Hall–Kier alpha value is -3.54. The van der Waals surface area contributed by atoms with Crippen molar-refractivity contribution in [3.8, 4) is 5.75 Å². The van der Waals surface area contributed by atoms with E-state index in [1.54, 1.807) is 12.1 Å². The van der Waals surface area contributed by atoms with Gasteiger partial charge >= 0.3 is 0 Å². The quantitative estimate of drug-likeness (QED) is 0.627. The van der Waals surface area contributed by atoms with Gasteiger partial charge in [-0.25, -0.2) is 4.39 Å². The lowest BCUT2D eigenvalue weighted by molar-refractivity contribution is -0.138. The van der Waals surface area contributed by atoms with Crippen LogP contribution in [0.1, 0.15) is 5.56 Å². The number of halogens is 1. The van der Waals surface area contributed by atoms with Gasteiger partial charge < -0.3 is 19.4 Å². The molecule has 1 amide bonds. The largest absolute Gasteiger partial charge is 0.477 e. The van der Waals surface area contributed by atoms with E-state index >= 15 is 0 Å². The van der Waals surface area contributed by atoms with Crippen molar-refractivity contribution >= 4 is 17.3 Å². The number of fused-ring (bicyclic) bond motifs is 1. The molecule has 2 aliphatic rings. The highest BCUT2D eigenvalue weighted by atomic mass is 19.1. The second kappa shape index (κ2) is 8.91. The summed E-state index contributed by atoms with van der Waals surface area (Å²) in [5.74, 6) is 0.534. The van der Waals surface area contributed by atoms with Gasteiger partial charge in [0.25, 0.3) is 5.91 Å². The van der Waals surface area contributed by atoms with Gasteiger partial charge in [0.2, 0.25) is 0 Å². The van der Waals surface area contributed by atoms with Crippen LogP contribution in [0.4, 0.5) is 15.8 Å². The Labute approximate surface area is 187 Å². The summed E-state index contributed by atoms with van der Waals surface area (Å²) in [6.45, 7) is 3.92. The van der Waals surface area contributed by atoms with Gasteiger partial charge in [-0.3, -0.25) is 4.79 Å². The number of ether oxygens (including phenoxy) is 1. The zero-order valence-corrected chi connectivity index (χ0v) is 17.9. The van der Waals surface area contributed by atoms with Gasteiger partial charge in [-0.05, 0) is 42.0 Å². The molecule has 0 bridgehead atoms. The molecule has 2 aliphatic heterocycles. The molecule has 2 heterocycles. The third-order valence-corrected chi connectivity index (χ3v) is 6.14. The molecule has 0 spiro atoms. The number of amides is 1. The summed E-state index contributed by atoms with van der Waals surface area (Å²) in [6, 6.07) is 24.7. The number of benzene rings is 3. The monoisotopic (exact) mass is 431 g/mol. The lowest BCUT2D eigenvalue weighted by atomic mass is 10.1. The van der Waals surface area contributed by atoms with E-state index in [1.807, 2.05) is 47.4 Å². The molecule has 0 N–H and O–H groups in total. The van der Waals surface area contributed by atoms with Gasteiger partial charge in [0.15, 0.2) is 6.10 Å². The van der Waals surface area contributed by atoms with E-state index in [4.69, 9.17) is 4.74 Å². The van der Waals surface area contributed by atoms with Crippen molar-refractivity contribution in [2.24, 2.45) is 0 Å². The second-order valence-electron chi connectivity index (χ2n) is 8.23. The molecule has 3 aromatic rings. The van der Waals surface area contributed by atoms with E-state index in [2.05, 4.69) is 21.9 Å². The predicted molar refractivity (Wildman–Crippen MR) is 124 cm³/mol. The molecule has 5 nitrogen and oxygen atoms in total. The zero-order chi connectivity index (χ0) is 21.9. The van der Waals surface area contributed by atoms with Gasteiger partial charge in [-0.1, -0.05) is 42.5 Å². The van der Waals surface area contributed by atoms with Crippen LogP contribution in [0.3, 0.4) is 0 Å². The number of hydrogen-bond donors (Lipinski definition) is 0. The maximum atomic E-state index is 13.4. The molecule has 3 aromatic carbocycles. The van der Waals surface area contributed by atoms with Crippen LogP contribution < -0.4 is 14.5 Å². The minimum atomic E-state index is -0.536. The van der Waals surface area contributed by atoms with Crippen LogP contribution in [-0.4, -0.2) is 49.6 Å². The van der Waals surface area contributed by atoms with E-state index in [0.717, 1.165) is 23.7 Å². The fourth-order valence-corrected chi connectivity index (χ4v) is 4.43. The molecular formula is C26H26FN3O2. The first-order valence-corrected chi connectivity index (χ1v) is 11.0. The van der Waals surface area contributed by atoms with Crippen molar-refractivity contribution in [2.75, 3.05) is 42.5 Å². The first-order valence-electron chi connectivity index (χ1n) is 11.0. The molecule has 164 valence electrons. The number of hydrogen-bond acceptors (Lipinski definition) is 4. The normalized spacial score (nSPS) is 18.2. The molecule has 0 aliphatic carbocycles. The molecule has 6 heteroatoms. The van der Waals surface area contributed by atoms with Crippen LogP contribution >= 0.6 is 0 Å². The fourth-order valence-electron chi connectivity index (χ4n) is 4.43. The number of nitrogens with zero attached hydrogens (tertiary/aromatic N) is 3. The number of anilines is 2. The standard InChI is InChI=1S/C26H26FN3O2/c27-21-10-12-22(13-11-21)28-14-16-29(17-15-28)26(31)25-19-30(18-20-6-2-1-3-7-20)23-8-4-5-9-24(23)32-25/h1-13,25H,14-19H2. The van der Waals surface area contributed by atoms with Gasteiger partial charge in [0.1, 0.15) is 11.6 Å². The Morgan fingerprint density at radius 3 is 2.31 bits per heavy atom. The summed E-state index contributed by atoms with van der Waals surface area (Å²) in [5.41, 5.74) is 3.19. The number of carbonyl (C=O) groups is 1. The van der Waals surface area contributed by atoms with Crippen molar-refractivity contribution in [3.05, 3.63) is 90.2 Å². The molecule has 5 rings (SSSR count). The van der Waals surface area contributed by atoms with E-state index in [0.29, 0.717) is 32.7 Å². The van der Waals surface area contributed by atoms with Crippen molar-refractivity contribution in [1.29, 1.82) is 0 Å². The van der Waals surface area contributed by atoms with Gasteiger partial charge in [0, 0.05) is 38.4 Å². The molecule has 0 radical (unpaired) electrons. The summed E-state index contributed by atoms with van der Waals surface area (Å²) in [4.78, 5) is 19.7. The smallest absolute Gasteiger partial charge is 0.265 e. The van der Waals surface area contributed by atoms with E-state index in [-0.39, 0.29) is 11.7 Å². The Bertz CT molecular complexity index is 1070. The Morgan fingerprint density at radius 1 is 0.875 bits per heavy atom. The zero-order valence-electron chi connectivity index (χ0n) is 17.9. The van der Waals surface area contributed by atoms with Gasteiger partial charge in [0.05, 0.1) is 12.2 Å². The molecule has 1 atom stereocenters. The molecule has 1 fully saturated rings. The average molecular weight is 432 g/mol. The van der Waals surface area contributed by atoms with Gasteiger partial charge in [-0.15, -0.1) is 0 Å². The number of carbonyl (C=O) groups excluding carboxylic acids is 1. The van der Waals surface area contributed by atoms with Crippen LogP contribution in [-0.2, 0) is 11.3 Å². The highest BCUT2D eigenvalue weighted by Gasteiger charge is 2.34. The third kappa shape index (κ3) is 4.26.